The number of rotatable bonds is 3. The zero-order valence-corrected chi connectivity index (χ0v) is 10.8. The molecular formula is C11H11F2N7O. The van der Waals surface area contributed by atoms with Gasteiger partial charge in [0, 0.05) is 13.1 Å². The van der Waals surface area contributed by atoms with E-state index in [2.05, 4.69) is 20.1 Å². The van der Waals surface area contributed by atoms with Crippen molar-refractivity contribution in [2.24, 2.45) is 10.9 Å². The van der Waals surface area contributed by atoms with Crippen LogP contribution >= 0.6 is 0 Å². The summed E-state index contributed by atoms with van der Waals surface area (Å²) in [7, 11) is 1.45. The van der Waals surface area contributed by atoms with Gasteiger partial charge in [0.1, 0.15) is 11.6 Å². The minimum absolute atomic E-state index is 0.0208. The number of halogens is 2. The summed E-state index contributed by atoms with van der Waals surface area (Å²) in [5, 5.41) is 11.4. The number of hydrogen-bond acceptors (Lipinski definition) is 7. The maximum absolute atomic E-state index is 13.7. The Morgan fingerprint density at radius 1 is 1.29 bits per heavy atom. The van der Waals surface area contributed by atoms with Crippen molar-refractivity contribution in [2.75, 3.05) is 17.7 Å². The second kappa shape index (κ2) is 5.53. The average molecular weight is 295 g/mol. The lowest BCUT2D eigenvalue weighted by Crippen LogP contribution is -2.22. The number of amidine groups is 1. The molecular weight excluding hydrogens is 284 g/mol. The predicted octanol–water partition coefficient (Wildman–Crippen LogP) is 0.594. The molecule has 1 aromatic heterocycles. The Bertz CT molecular complexity index is 707. The Kier molecular flexibility index (Phi) is 3.78. The molecule has 2 rings (SSSR count). The van der Waals surface area contributed by atoms with E-state index >= 15 is 0 Å². The Morgan fingerprint density at radius 2 is 2.00 bits per heavy atom. The maximum Gasteiger partial charge on any atom is 0.235 e. The largest absolute Gasteiger partial charge is 0.409 e. The van der Waals surface area contributed by atoms with Gasteiger partial charge in [-0.1, -0.05) is 5.16 Å². The summed E-state index contributed by atoms with van der Waals surface area (Å²) >= 11 is 0. The SMILES string of the molecule is CN(c1nc(N)nc(/C(N)=N/O)n1)c1ccc(F)cc1F. The van der Waals surface area contributed by atoms with Crippen LogP contribution in [-0.4, -0.2) is 33.0 Å². The van der Waals surface area contributed by atoms with E-state index < -0.39 is 11.6 Å². The third kappa shape index (κ3) is 2.94. The monoisotopic (exact) mass is 295 g/mol. The lowest BCUT2D eigenvalue weighted by atomic mass is 10.3. The Morgan fingerprint density at radius 3 is 2.62 bits per heavy atom. The van der Waals surface area contributed by atoms with E-state index in [1.54, 1.807) is 0 Å². The number of aromatic nitrogens is 3. The summed E-state index contributed by atoms with van der Waals surface area (Å²) in [4.78, 5) is 12.6. The van der Waals surface area contributed by atoms with Crippen LogP contribution in [0.4, 0.5) is 26.4 Å². The highest BCUT2D eigenvalue weighted by molar-refractivity contribution is 5.93. The second-order valence-corrected chi connectivity index (χ2v) is 3.96. The highest BCUT2D eigenvalue weighted by Crippen LogP contribution is 2.24. The second-order valence-electron chi connectivity index (χ2n) is 3.96. The quantitative estimate of drug-likeness (QED) is 0.327. The van der Waals surface area contributed by atoms with Crippen LogP contribution in [-0.2, 0) is 0 Å². The molecule has 0 radical (unpaired) electrons. The minimum Gasteiger partial charge on any atom is -0.409 e. The van der Waals surface area contributed by atoms with Crippen molar-refractivity contribution < 1.29 is 14.0 Å². The van der Waals surface area contributed by atoms with Crippen molar-refractivity contribution in [2.45, 2.75) is 0 Å². The third-order valence-electron chi connectivity index (χ3n) is 2.55. The summed E-state index contributed by atoms with van der Waals surface area (Å²) in [6.45, 7) is 0. The van der Waals surface area contributed by atoms with Crippen LogP contribution < -0.4 is 16.4 Å². The number of benzene rings is 1. The lowest BCUT2D eigenvalue weighted by Gasteiger charge is -2.18. The highest BCUT2D eigenvalue weighted by atomic mass is 19.1. The lowest BCUT2D eigenvalue weighted by molar-refractivity contribution is 0.318. The third-order valence-corrected chi connectivity index (χ3v) is 2.55. The van der Waals surface area contributed by atoms with Crippen molar-refractivity contribution in [1.82, 2.24) is 15.0 Å². The molecule has 2 aromatic rings. The first-order valence-electron chi connectivity index (χ1n) is 5.60. The van der Waals surface area contributed by atoms with Gasteiger partial charge in [0.05, 0.1) is 5.69 Å². The fourth-order valence-electron chi connectivity index (χ4n) is 1.55. The van der Waals surface area contributed by atoms with E-state index in [-0.39, 0.29) is 29.2 Å². The van der Waals surface area contributed by atoms with Crippen LogP contribution in [0.3, 0.4) is 0 Å². The predicted molar refractivity (Wildman–Crippen MR) is 71.2 cm³/mol. The van der Waals surface area contributed by atoms with Gasteiger partial charge in [-0.2, -0.15) is 15.0 Å². The van der Waals surface area contributed by atoms with Crippen molar-refractivity contribution in [1.29, 1.82) is 0 Å². The molecule has 0 saturated carbocycles. The first-order valence-corrected chi connectivity index (χ1v) is 5.60. The molecule has 0 bridgehead atoms. The molecule has 10 heteroatoms. The number of hydrogen-bond donors (Lipinski definition) is 3. The molecule has 0 aliphatic carbocycles. The van der Waals surface area contributed by atoms with Crippen molar-refractivity contribution >= 4 is 23.4 Å². The van der Waals surface area contributed by atoms with Gasteiger partial charge < -0.3 is 21.6 Å². The summed E-state index contributed by atoms with van der Waals surface area (Å²) in [6.07, 6.45) is 0. The van der Waals surface area contributed by atoms with E-state index in [0.717, 1.165) is 12.1 Å². The molecule has 1 aromatic carbocycles. The van der Waals surface area contributed by atoms with E-state index in [4.69, 9.17) is 16.7 Å². The molecule has 0 amide bonds. The molecule has 1 heterocycles. The molecule has 5 N–H and O–H groups in total. The minimum atomic E-state index is -0.804. The van der Waals surface area contributed by atoms with Crippen LogP contribution in [0.5, 0.6) is 0 Å². The Hall–Kier alpha value is -3.04. The molecule has 8 nitrogen and oxygen atoms in total. The van der Waals surface area contributed by atoms with Gasteiger partial charge >= 0.3 is 0 Å². The van der Waals surface area contributed by atoms with Gasteiger partial charge in [0.2, 0.25) is 23.6 Å². The number of oxime groups is 1. The van der Waals surface area contributed by atoms with Crippen LogP contribution in [0.2, 0.25) is 0 Å². The summed E-state index contributed by atoms with van der Waals surface area (Å²) in [5.74, 6) is -2.31. The molecule has 0 aliphatic heterocycles. The Labute approximate surface area is 117 Å². The van der Waals surface area contributed by atoms with Crippen LogP contribution in [0.15, 0.2) is 23.4 Å². The zero-order chi connectivity index (χ0) is 15.6. The maximum atomic E-state index is 13.7. The van der Waals surface area contributed by atoms with Crippen molar-refractivity contribution in [3.05, 3.63) is 35.7 Å². The highest BCUT2D eigenvalue weighted by Gasteiger charge is 2.16. The fraction of sp³-hybridized carbons (Fsp3) is 0.0909. The number of nitrogens with zero attached hydrogens (tertiary/aromatic N) is 5. The number of nitrogen functional groups attached to an aromatic ring is 1. The molecule has 0 saturated heterocycles. The number of anilines is 3. The van der Waals surface area contributed by atoms with Gasteiger partial charge in [-0.05, 0) is 12.1 Å². The van der Waals surface area contributed by atoms with Gasteiger partial charge in [0.25, 0.3) is 0 Å². The van der Waals surface area contributed by atoms with Crippen molar-refractivity contribution in [3.8, 4) is 0 Å². The average Bonchev–Trinajstić information content (AvgIpc) is 2.45. The molecule has 0 atom stereocenters. The molecule has 0 unspecified atom stereocenters. The van der Waals surface area contributed by atoms with Gasteiger partial charge in [-0.15, -0.1) is 0 Å². The van der Waals surface area contributed by atoms with Crippen LogP contribution in [0, 0.1) is 11.6 Å². The van der Waals surface area contributed by atoms with Crippen LogP contribution in [0.1, 0.15) is 5.82 Å². The van der Waals surface area contributed by atoms with E-state index in [1.165, 1.54) is 18.0 Å². The fourth-order valence-corrected chi connectivity index (χ4v) is 1.55. The number of nitrogens with two attached hydrogens (primary N) is 2. The molecule has 21 heavy (non-hydrogen) atoms. The van der Waals surface area contributed by atoms with Gasteiger partial charge in [0.15, 0.2) is 0 Å². The van der Waals surface area contributed by atoms with Crippen LogP contribution in [0.25, 0.3) is 0 Å². The van der Waals surface area contributed by atoms with E-state index in [0.29, 0.717) is 0 Å². The van der Waals surface area contributed by atoms with Crippen molar-refractivity contribution in [3.63, 3.8) is 0 Å². The normalized spacial score (nSPS) is 11.5. The molecule has 0 spiro atoms. The molecule has 0 fully saturated rings. The first-order chi connectivity index (χ1) is 9.92. The summed E-state index contributed by atoms with van der Waals surface area (Å²) in [6, 6.07) is 3.03. The van der Waals surface area contributed by atoms with E-state index in [9.17, 15) is 8.78 Å². The topological polar surface area (TPSA) is 127 Å². The molecule has 0 aliphatic rings. The smallest absolute Gasteiger partial charge is 0.235 e. The summed E-state index contributed by atoms with van der Waals surface area (Å²) < 4.78 is 26.7. The summed E-state index contributed by atoms with van der Waals surface area (Å²) in [5.41, 5.74) is 10.9. The standard InChI is InChI=1S/C11H11F2N7O/c1-20(7-3-2-5(12)4-6(7)13)11-17-9(8(14)19-21)16-10(15)18-11/h2-4,21H,1H3,(H2,14,19)(H2,15,16,17,18). The molecule has 110 valence electrons. The van der Waals surface area contributed by atoms with Gasteiger partial charge in [-0.3, -0.25) is 0 Å². The first kappa shape index (κ1) is 14.4. The Balaban J connectivity index is 2.48. The van der Waals surface area contributed by atoms with Gasteiger partial charge in [-0.25, -0.2) is 8.78 Å². The zero-order valence-electron chi connectivity index (χ0n) is 10.8. The van der Waals surface area contributed by atoms with E-state index in [1.807, 2.05) is 0 Å².